The van der Waals surface area contributed by atoms with Gasteiger partial charge in [-0.15, -0.1) is 0 Å². The van der Waals surface area contributed by atoms with Crippen LogP contribution in [0.25, 0.3) is 0 Å². The third kappa shape index (κ3) is 3.94. The Balaban J connectivity index is 1.58. The molecule has 2 heterocycles. The summed E-state index contributed by atoms with van der Waals surface area (Å²) >= 11 is 0. The Hall–Kier alpha value is -2.11. The number of benzene rings is 1. The predicted octanol–water partition coefficient (Wildman–Crippen LogP) is 2.78. The van der Waals surface area contributed by atoms with Crippen LogP contribution in [-0.2, 0) is 14.3 Å². The van der Waals surface area contributed by atoms with E-state index in [1.54, 1.807) is 36.9 Å². The van der Waals surface area contributed by atoms with Crippen LogP contribution in [0.2, 0.25) is 0 Å². The highest BCUT2D eigenvalue weighted by molar-refractivity contribution is 5.87. The van der Waals surface area contributed by atoms with E-state index in [4.69, 9.17) is 9.47 Å². The highest BCUT2D eigenvalue weighted by atomic mass is 19.1. The van der Waals surface area contributed by atoms with Crippen molar-refractivity contribution in [2.45, 2.75) is 38.7 Å². The number of para-hydroxylation sites is 1. The van der Waals surface area contributed by atoms with E-state index in [0.29, 0.717) is 19.7 Å². The molecule has 2 atom stereocenters. The van der Waals surface area contributed by atoms with Crippen LogP contribution in [0.15, 0.2) is 24.3 Å². The smallest absolute Gasteiger partial charge is 0.307 e. The number of amides is 1. The van der Waals surface area contributed by atoms with Gasteiger partial charge in [0.05, 0.1) is 18.9 Å². The van der Waals surface area contributed by atoms with Crippen LogP contribution in [0, 0.1) is 17.7 Å². The molecule has 0 aromatic heterocycles. The summed E-state index contributed by atoms with van der Waals surface area (Å²) < 4.78 is 24.5. The molecule has 2 aliphatic heterocycles. The first-order chi connectivity index (χ1) is 11.9. The number of hydrogen-bond acceptors (Lipinski definition) is 4. The van der Waals surface area contributed by atoms with Crippen molar-refractivity contribution in [1.29, 1.82) is 0 Å². The molecule has 0 aliphatic carbocycles. The summed E-state index contributed by atoms with van der Waals surface area (Å²) in [5, 5.41) is 0. The summed E-state index contributed by atoms with van der Waals surface area (Å²) in [6.07, 6.45) is 1.94. The zero-order valence-electron chi connectivity index (χ0n) is 14.7. The van der Waals surface area contributed by atoms with Crippen LogP contribution in [-0.4, -0.2) is 42.1 Å². The molecule has 0 spiro atoms. The molecule has 0 saturated carbocycles. The zero-order chi connectivity index (χ0) is 18.0. The van der Waals surface area contributed by atoms with E-state index in [1.807, 2.05) is 0 Å². The van der Waals surface area contributed by atoms with Crippen LogP contribution in [0.3, 0.4) is 0 Å². The van der Waals surface area contributed by atoms with Crippen molar-refractivity contribution in [2.75, 3.05) is 19.7 Å². The summed E-state index contributed by atoms with van der Waals surface area (Å²) in [6, 6.07) is 6.32. The van der Waals surface area contributed by atoms with Crippen molar-refractivity contribution in [3.8, 4) is 5.75 Å². The first-order valence-corrected chi connectivity index (χ1v) is 8.75. The lowest BCUT2D eigenvalue weighted by atomic mass is 9.88. The van der Waals surface area contributed by atoms with Gasteiger partial charge in [-0.2, -0.15) is 0 Å². The Kier molecular flexibility index (Phi) is 4.97. The molecule has 1 amide bonds. The molecule has 1 aromatic carbocycles. The zero-order valence-corrected chi connectivity index (χ0v) is 14.7. The summed E-state index contributed by atoms with van der Waals surface area (Å²) in [5.41, 5.74) is -0.759. The van der Waals surface area contributed by atoms with Crippen molar-refractivity contribution in [1.82, 2.24) is 4.90 Å². The van der Waals surface area contributed by atoms with Gasteiger partial charge in [0.25, 0.3) is 0 Å². The molecule has 1 aromatic rings. The molecule has 0 unspecified atom stereocenters. The number of carbonyl (C=O) groups excluding carboxylic acids is 2. The van der Waals surface area contributed by atoms with Crippen LogP contribution in [0.4, 0.5) is 4.39 Å². The van der Waals surface area contributed by atoms with Gasteiger partial charge < -0.3 is 14.4 Å². The maximum Gasteiger partial charge on any atom is 0.307 e. The summed E-state index contributed by atoms with van der Waals surface area (Å²) in [6.45, 7) is 5.17. The van der Waals surface area contributed by atoms with Gasteiger partial charge in [0.1, 0.15) is 5.60 Å². The number of hydrogen-bond donors (Lipinski definition) is 0. The molecule has 136 valence electrons. The van der Waals surface area contributed by atoms with Crippen LogP contribution < -0.4 is 4.74 Å². The number of halogens is 1. The first-order valence-electron chi connectivity index (χ1n) is 8.75. The molecule has 0 bridgehead atoms. The molecule has 0 N–H and O–H groups in total. The second-order valence-electron chi connectivity index (χ2n) is 7.37. The Morgan fingerprint density at radius 2 is 2.16 bits per heavy atom. The van der Waals surface area contributed by atoms with Crippen molar-refractivity contribution in [2.24, 2.45) is 11.8 Å². The molecule has 6 heteroatoms. The maximum absolute atomic E-state index is 13.6. The highest BCUT2D eigenvalue weighted by Gasteiger charge is 2.47. The van der Waals surface area contributed by atoms with E-state index in [9.17, 15) is 14.0 Å². The molecule has 2 saturated heterocycles. The van der Waals surface area contributed by atoms with Gasteiger partial charge in [-0.05, 0) is 38.8 Å². The topological polar surface area (TPSA) is 55.8 Å². The number of likely N-dealkylation sites (tertiary alicyclic amines) is 1. The van der Waals surface area contributed by atoms with Gasteiger partial charge in [0.15, 0.2) is 11.6 Å². The average Bonchev–Trinajstić information content (AvgIpc) is 2.86. The highest BCUT2D eigenvalue weighted by Crippen LogP contribution is 2.34. The Labute approximate surface area is 147 Å². The van der Waals surface area contributed by atoms with Crippen molar-refractivity contribution in [3.05, 3.63) is 30.1 Å². The third-order valence-electron chi connectivity index (χ3n) is 5.03. The second-order valence-corrected chi connectivity index (χ2v) is 7.37. The second kappa shape index (κ2) is 7.02. The monoisotopic (exact) mass is 349 g/mol. The van der Waals surface area contributed by atoms with Gasteiger partial charge in [-0.25, -0.2) is 4.39 Å². The fourth-order valence-corrected chi connectivity index (χ4v) is 3.59. The number of rotatable bonds is 4. The third-order valence-corrected chi connectivity index (χ3v) is 5.03. The van der Waals surface area contributed by atoms with E-state index in [0.717, 1.165) is 12.8 Å². The summed E-state index contributed by atoms with van der Waals surface area (Å²) in [7, 11) is 0. The fourth-order valence-electron chi connectivity index (χ4n) is 3.59. The minimum Gasteiger partial charge on any atom is -0.490 e. The minimum absolute atomic E-state index is 0.0357. The predicted molar refractivity (Wildman–Crippen MR) is 89.5 cm³/mol. The largest absolute Gasteiger partial charge is 0.490 e. The average molecular weight is 349 g/mol. The summed E-state index contributed by atoms with van der Waals surface area (Å²) in [5.74, 6) is -0.785. The minimum atomic E-state index is -0.759. The van der Waals surface area contributed by atoms with Crippen LogP contribution >= 0.6 is 0 Å². The Morgan fingerprint density at radius 3 is 2.84 bits per heavy atom. The number of esters is 1. The SMILES string of the molecule is CC1(C)OC(=O)C[C@H]1C(=O)N1CCC[C@H](COc2ccccc2F)C1. The van der Waals surface area contributed by atoms with Gasteiger partial charge in [-0.3, -0.25) is 9.59 Å². The number of cyclic esters (lactones) is 1. The molecular formula is C19H24FNO4. The Morgan fingerprint density at radius 1 is 1.40 bits per heavy atom. The summed E-state index contributed by atoms with van der Waals surface area (Å²) in [4.78, 5) is 26.2. The lowest BCUT2D eigenvalue weighted by Gasteiger charge is -2.36. The molecule has 25 heavy (non-hydrogen) atoms. The van der Waals surface area contributed by atoms with Crippen LogP contribution in [0.1, 0.15) is 33.1 Å². The van der Waals surface area contributed by atoms with E-state index < -0.39 is 11.5 Å². The van der Waals surface area contributed by atoms with Crippen molar-refractivity contribution in [3.63, 3.8) is 0 Å². The lowest BCUT2D eigenvalue weighted by Crippen LogP contribution is -2.48. The van der Waals surface area contributed by atoms with E-state index >= 15 is 0 Å². The maximum atomic E-state index is 13.6. The van der Waals surface area contributed by atoms with Crippen molar-refractivity contribution >= 4 is 11.9 Å². The molecule has 2 fully saturated rings. The van der Waals surface area contributed by atoms with E-state index in [2.05, 4.69) is 0 Å². The number of piperidine rings is 1. The van der Waals surface area contributed by atoms with Gasteiger partial charge >= 0.3 is 5.97 Å². The van der Waals surface area contributed by atoms with E-state index in [-0.39, 0.29) is 35.8 Å². The Bertz CT molecular complexity index is 661. The number of carbonyl (C=O) groups is 2. The molecular weight excluding hydrogens is 325 g/mol. The van der Waals surface area contributed by atoms with Crippen molar-refractivity contribution < 1.29 is 23.5 Å². The number of ether oxygens (including phenoxy) is 2. The molecule has 2 aliphatic rings. The van der Waals surface area contributed by atoms with Gasteiger partial charge in [0, 0.05) is 19.0 Å². The number of nitrogens with zero attached hydrogens (tertiary/aromatic N) is 1. The first kappa shape index (κ1) is 17.7. The lowest BCUT2D eigenvalue weighted by molar-refractivity contribution is -0.149. The quantitative estimate of drug-likeness (QED) is 0.785. The van der Waals surface area contributed by atoms with E-state index in [1.165, 1.54) is 6.07 Å². The molecule has 0 radical (unpaired) electrons. The molecule has 5 nitrogen and oxygen atoms in total. The fraction of sp³-hybridized carbons (Fsp3) is 0.579. The van der Waals surface area contributed by atoms with Gasteiger partial charge in [0.2, 0.25) is 5.91 Å². The van der Waals surface area contributed by atoms with Gasteiger partial charge in [-0.1, -0.05) is 12.1 Å². The normalized spacial score (nSPS) is 25.6. The molecule has 3 rings (SSSR count). The standard InChI is InChI=1S/C19H24FNO4/c1-19(2)14(10-17(22)25-19)18(23)21-9-5-6-13(11-21)12-24-16-8-4-3-7-15(16)20/h3-4,7-8,13-14H,5-6,9-12H2,1-2H3/t13-,14-/m0/s1. The van der Waals surface area contributed by atoms with Crippen LogP contribution in [0.5, 0.6) is 5.75 Å².